The van der Waals surface area contributed by atoms with Crippen molar-refractivity contribution in [3.63, 3.8) is 0 Å². The van der Waals surface area contributed by atoms with E-state index in [0.29, 0.717) is 0 Å². The number of halogens is 2. The van der Waals surface area contributed by atoms with Crippen LogP contribution in [0.3, 0.4) is 0 Å². The van der Waals surface area contributed by atoms with Gasteiger partial charge in [-0.2, -0.15) is 0 Å². The standard InChI is InChI=1S/C15H13F2N/c16-12-6-3-7-14(15(12)17)18-13-9-8-10-4-1-2-5-11(10)13/h1-7,13,18H,8-9H2. The van der Waals surface area contributed by atoms with Gasteiger partial charge in [-0.25, -0.2) is 8.78 Å². The smallest absolute Gasteiger partial charge is 0.181 e. The first kappa shape index (κ1) is 11.2. The Labute approximate surface area is 104 Å². The summed E-state index contributed by atoms with van der Waals surface area (Å²) in [5, 5.41) is 3.09. The van der Waals surface area contributed by atoms with Crippen molar-refractivity contribution in [2.45, 2.75) is 18.9 Å². The molecule has 18 heavy (non-hydrogen) atoms. The van der Waals surface area contributed by atoms with E-state index in [1.54, 1.807) is 6.07 Å². The van der Waals surface area contributed by atoms with Gasteiger partial charge < -0.3 is 5.32 Å². The minimum atomic E-state index is -0.814. The second kappa shape index (κ2) is 4.41. The predicted molar refractivity (Wildman–Crippen MR) is 67.5 cm³/mol. The van der Waals surface area contributed by atoms with Gasteiger partial charge in [0.1, 0.15) is 0 Å². The Bertz CT molecular complexity index is 580. The summed E-state index contributed by atoms with van der Waals surface area (Å²) in [5.74, 6) is -1.62. The highest BCUT2D eigenvalue weighted by Crippen LogP contribution is 2.34. The van der Waals surface area contributed by atoms with Crippen LogP contribution in [-0.2, 0) is 6.42 Å². The zero-order valence-electron chi connectivity index (χ0n) is 9.79. The Balaban J connectivity index is 1.89. The highest BCUT2D eigenvalue weighted by molar-refractivity contribution is 5.49. The fraction of sp³-hybridized carbons (Fsp3) is 0.200. The lowest BCUT2D eigenvalue weighted by Crippen LogP contribution is -2.09. The summed E-state index contributed by atoms with van der Waals surface area (Å²) in [6, 6.07) is 12.4. The van der Waals surface area contributed by atoms with Crippen LogP contribution in [0.15, 0.2) is 42.5 Å². The van der Waals surface area contributed by atoms with Gasteiger partial charge in [-0.15, -0.1) is 0 Å². The van der Waals surface area contributed by atoms with E-state index in [1.165, 1.54) is 17.2 Å². The molecule has 3 heteroatoms. The van der Waals surface area contributed by atoms with Gasteiger partial charge in [0, 0.05) is 0 Å². The van der Waals surface area contributed by atoms with Crippen molar-refractivity contribution >= 4 is 5.69 Å². The summed E-state index contributed by atoms with van der Waals surface area (Å²) in [7, 11) is 0. The average Bonchev–Trinajstić information content (AvgIpc) is 2.79. The summed E-state index contributed by atoms with van der Waals surface area (Å²) in [6.07, 6.45) is 1.89. The van der Waals surface area contributed by atoms with E-state index >= 15 is 0 Å². The molecule has 0 amide bonds. The van der Waals surface area contributed by atoms with E-state index in [0.717, 1.165) is 18.9 Å². The molecule has 3 rings (SSSR count). The SMILES string of the molecule is Fc1cccc(NC2CCc3ccccc32)c1F. The highest BCUT2D eigenvalue weighted by atomic mass is 19.2. The molecule has 92 valence electrons. The molecule has 0 saturated heterocycles. The molecule has 0 saturated carbocycles. The van der Waals surface area contributed by atoms with Crippen LogP contribution in [0.4, 0.5) is 14.5 Å². The summed E-state index contributed by atoms with van der Waals surface area (Å²) >= 11 is 0. The Morgan fingerprint density at radius 3 is 2.72 bits per heavy atom. The molecular formula is C15H13F2N. The van der Waals surface area contributed by atoms with Crippen molar-refractivity contribution in [3.8, 4) is 0 Å². The molecule has 1 unspecified atom stereocenters. The van der Waals surface area contributed by atoms with Crippen LogP contribution in [0.5, 0.6) is 0 Å². The van der Waals surface area contributed by atoms with Crippen molar-refractivity contribution in [2.24, 2.45) is 0 Å². The number of aryl methyl sites for hydroxylation is 1. The van der Waals surface area contributed by atoms with E-state index in [4.69, 9.17) is 0 Å². The van der Waals surface area contributed by atoms with Crippen molar-refractivity contribution in [2.75, 3.05) is 5.32 Å². The number of nitrogens with one attached hydrogen (secondary N) is 1. The Morgan fingerprint density at radius 1 is 1.00 bits per heavy atom. The van der Waals surface area contributed by atoms with Crippen LogP contribution in [0.25, 0.3) is 0 Å². The first-order valence-electron chi connectivity index (χ1n) is 6.04. The molecule has 2 aromatic rings. The molecule has 0 aromatic heterocycles. The van der Waals surface area contributed by atoms with E-state index in [1.807, 2.05) is 18.2 Å². The van der Waals surface area contributed by atoms with E-state index in [9.17, 15) is 8.78 Å². The number of hydrogen-bond donors (Lipinski definition) is 1. The van der Waals surface area contributed by atoms with Crippen LogP contribution in [-0.4, -0.2) is 0 Å². The maximum atomic E-state index is 13.6. The lowest BCUT2D eigenvalue weighted by Gasteiger charge is -2.16. The van der Waals surface area contributed by atoms with Crippen molar-refractivity contribution in [1.29, 1.82) is 0 Å². The molecule has 0 spiro atoms. The number of anilines is 1. The molecule has 1 N–H and O–H groups in total. The van der Waals surface area contributed by atoms with Gasteiger partial charge >= 0.3 is 0 Å². The van der Waals surface area contributed by atoms with Crippen LogP contribution in [0.1, 0.15) is 23.6 Å². The number of fused-ring (bicyclic) bond motifs is 1. The molecule has 0 heterocycles. The minimum Gasteiger partial charge on any atom is -0.376 e. The van der Waals surface area contributed by atoms with Crippen LogP contribution < -0.4 is 5.32 Å². The third-order valence-corrected chi connectivity index (χ3v) is 3.41. The zero-order chi connectivity index (χ0) is 12.5. The van der Waals surface area contributed by atoms with E-state index in [2.05, 4.69) is 11.4 Å². The van der Waals surface area contributed by atoms with Gasteiger partial charge in [0.15, 0.2) is 11.6 Å². The summed E-state index contributed by atoms with van der Waals surface area (Å²) in [4.78, 5) is 0. The molecule has 1 aliphatic rings. The molecule has 0 radical (unpaired) electrons. The van der Waals surface area contributed by atoms with Gasteiger partial charge in [0.25, 0.3) is 0 Å². The molecule has 1 aliphatic carbocycles. The lowest BCUT2D eigenvalue weighted by atomic mass is 10.1. The van der Waals surface area contributed by atoms with Crippen LogP contribution >= 0.6 is 0 Å². The van der Waals surface area contributed by atoms with Crippen molar-refractivity contribution < 1.29 is 8.78 Å². The lowest BCUT2D eigenvalue weighted by molar-refractivity contribution is 0.509. The molecule has 0 aliphatic heterocycles. The maximum absolute atomic E-state index is 13.6. The Morgan fingerprint density at radius 2 is 1.83 bits per heavy atom. The second-order valence-corrected chi connectivity index (χ2v) is 4.54. The molecule has 1 atom stereocenters. The maximum Gasteiger partial charge on any atom is 0.181 e. The number of benzene rings is 2. The first-order valence-corrected chi connectivity index (χ1v) is 6.04. The first-order chi connectivity index (χ1) is 8.75. The topological polar surface area (TPSA) is 12.0 Å². The number of rotatable bonds is 2. The monoisotopic (exact) mass is 245 g/mol. The third-order valence-electron chi connectivity index (χ3n) is 3.41. The van der Waals surface area contributed by atoms with Crippen LogP contribution in [0.2, 0.25) is 0 Å². The zero-order valence-corrected chi connectivity index (χ0v) is 9.79. The average molecular weight is 245 g/mol. The molecule has 1 nitrogen and oxygen atoms in total. The van der Waals surface area contributed by atoms with Crippen molar-refractivity contribution in [1.82, 2.24) is 0 Å². The van der Waals surface area contributed by atoms with Crippen LogP contribution in [0, 0.1) is 11.6 Å². The second-order valence-electron chi connectivity index (χ2n) is 4.54. The molecular weight excluding hydrogens is 232 g/mol. The summed E-state index contributed by atoms with van der Waals surface area (Å²) < 4.78 is 26.7. The number of hydrogen-bond acceptors (Lipinski definition) is 1. The molecule has 0 fully saturated rings. The van der Waals surface area contributed by atoms with Gasteiger partial charge in [-0.3, -0.25) is 0 Å². The normalized spacial score (nSPS) is 17.6. The molecule has 2 aromatic carbocycles. The fourth-order valence-corrected chi connectivity index (χ4v) is 2.51. The van der Waals surface area contributed by atoms with Gasteiger partial charge in [-0.05, 0) is 36.1 Å². The summed E-state index contributed by atoms with van der Waals surface area (Å²) in [6.45, 7) is 0. The highest BCUT2D eigenvalue weighted by Gasteiger charge is 2.22. The third kappa shape index (κ3) is 1.86. The van der Waals surface area contributed by atoms with Gasteiger partial charge in [0.05, 0.1) is 11.7 Å². The largest absolute Gasteiger partial charge is 0.376 e. The van der Waals surface area contributed by atoms with E-state index < -0.39 is 11.6 Å². The predicted octanol–water partition coefficient (Wildman–Crippen LogP) is 4.06. The summed E-state index contributed by atoms with van der Waals surface area (Å²) in [5.41, 5.74) is 2.70. The van der Waals surface area contributed by atoms with Crippen molar-refractivity contribution in [3.05, 3.63) is 65.2 Å². The van der Waals surface area contributed by atoms with Gasteiger partial charge in [-0.1, -0.05) is 30.3 Å². The molecule has 0 bridgehead atoms. The Hall–Kier alpha value is -1.90. The Kier molecular flexibility index (Phi) is 2.74. The quantitative estimate of drug-likeness (QED) is 0.841. The van der Waals surface area contributed by atoms with E-state index in [-0.39, 0.29) is 11.7 Å². The van der Waals surface area contributed by atoms with Gasteiger partial charge in [0.2, 0.25) is 0 Å². The minimum absolute atomic E-state index is 0.0671. The fourth-order valence-electron chi connectivity index (χ4n) is 2.51.